The Bertz CT molecular complexity index is 594. The second-order valence-corrected chi connectivity index (χ2v) is 4.52. The Morgan fingerprint density at radius 2 is 2.05 bits per heavy atom. The summed E-state index contributed by atoms with van der Waals surface area (Å²) >= 11 is 0. The third-order valence-corrected chi connectivity index (χ3v) is 2.90. The molecule has 3 N–H and O–H groups in total. The van der Waals surface area contributed by atoms with E-state index in [9.17, 15) is 14.7 Å². The molecule has 0 saturated heterocycles. The molecular formula is C16H20N2O4. The minimum Gasteiger partial charge on any atom is -0.507 e. The predicted molar refractivity (Wildman–Crippen MR) is 83.6 cm³/mol. The molecule has 0 saturated carbocycles. The number of carbonyl (C=O) groups excluding carboxylic acids is 2. The zero-order chi connectivity index (χ0) is 16.5. The summed E-state index contributed by atoms with van der Waals surface area (Å²) in [6.07, 6.45) is 4.00. The standard InChI is InChI=1S/C16H20N2O4/c1-4-15(20)17-7-5-6-16(21)18-10-12-8-11(2)14(22-3)9-13(12)19/h4-6,8-9,19H,1,7,10H2,2-3H3,(H,17,20)(H,18,21)/b6-5+. The molecule has 1 aromatic carbocycles. The van der Waals surface area contributed by atoms with Crippen LogP contribution in [-0.4, -0.2) is 30.6 Å². The number of ether oxygens (including phenoxy) is 1. The van der Waals surface area contributed by atoms with Crippen molar-refractivity contribution in [2.75, 3.05) is 13.7 Å². The molecule has 0 radical (unpaired) electrons. The average molecular weight is 304 g/mol. The van der Waals surface area contributed by atoms with Crippen molar-refractivity contribution in [3.05, 3.63) is 48.1 Å². The number of carbonyl (C=O) groups is 2. The summed E-state index contributed by atoms with van der Waals surface area (Å²) in [5.41, 5.74) is 1.47. The molecule has 0 aliphatic carbocycles. The molecule has 0 heterocycles. The van der Waals surface area contributed by atoms with Crippen LogP contribution in [-0.2, 0) is 16.1 Å². The molecule has 6 nitrogen and oxygen atoms in total. The van der Waals surface area contributed by atoms with E-state index >= 15 is 0 Å². The van der Waals surface area contributed by atoms with Crippen LogP contribution in [0.25, 0.3) is 0 Å². The smallest absolute Gasteiger partial charge is 0.243 e. The zero-order valence-electron chi connectivity index (χ0n) is 12.7. The van der Waals surface area contributed by atoms with Gasteiger partial charge in [0.05, 0.1) is 7.11 Å². The fraction of sp³-hybridized carbons (Fsp3) is 0.250. The molecule has 1 rings (SSSR count). The number of hydrogen-bond donors (Lipinski definition) is 3. The molecular weight excluding hydrogens is 284 g/mol. The van der Waals surface area contributed by atoms with Gasteiger partial charge in [-0.25, -0.2) is 0 Å². The topological polar surface area (TPSA) is 87.7 Å². The minimum absolute atomic E-state index is 0.0602. The molecule has 0 fully saturated rings. The van der Waals surface area contributed by atoms with Crippen LogP contribution in [0.15, 0.2) is 36.9 Å². The van der Waals surface area contributed by atoms with Gasteiger partial charge in [-0.2, -0.15) is 0 Å². The summed E-state index contributed by atoms with van der Waals surface area (Å²) < 4.78 is 5.10. The van der Waals surface area contributed by atoms with E-state index in [4.69, 9.17) is 4.74 Å². The lowest BCUT2D eigenvalue weighted by Crippen LogP contribution is -2.23. The second-order valence-electron chi connectivity index (χ2n) is 4.52. The van der Waals surface area contributed by atoms with E-state index in [2.05, 4.69) is 17.2 Å². The summed E-state index contributed by atoms with van der Waals surface area (Å²) in [5.74, 6) is 0.0276. The van der Waals surface area contributed by atoms with Crippen molar-refractivity contribution in [3.8, 4) is 11.5 Å². The Morgan fingerprint density at radius 3 is 2.68 bits per heavy atom. The number of aryl methyl sites for hydroxylation is 1. The Hall–Kier alpha value is -2.76. The maximum absolute atomic E-state index is 11.6. The molecule has 0 spiro atoms. The largest absolute Gasteiger partial charge is 0.507 e. The van der Waals surface area contributed by atoms with E-state index in [1.165, 1.54) is 25.3 Å². The third kappa shape index (κ3) is 5.32. The van der Waals surface area contributed by atoms with Crippen molar-refractivity contribution in [1.82, 2.24) is 10.6 Å². The van der Waals surface area contributed by atoms with Crippen LogP contribution in [0.1, 0.15) is 11.1 Å². The van der Waals surface area contributed by atoms with Crippen LogP contribution in [0.2, 0.25) is 0 Å². The first-order chi connectivity index (χ1) is 10.5. The third-order valence-electron chi connectivity index (χ3n) is 2.90. The Morgan fingerprint density at radius 1 is 1.32 bits per heavy atom. The lowest BCUT2D eigenvalue weighted by Gasteiger charge is -2.10. The van der Waals surface area contributed by atoms with Crippen molar-refractivity contribution in [2.45, 2.75) is 13.5 Å². The maximum atomic E-state index is 11.6. The first-order valence-corrected chi connectivity index (χ1v) is 6.69. The Labute approximate surface area is 129 Å². The number of rotatable bonds is 7. The second kappa shape index (κ2) is 8.51. The van der Waals surface area contributed by atoms with Gasteiger partial charge in [0.25, 0.3) is 0 Å². The minimum atomic E-state index is -0.319. The van der Waals surface area contributed by atoms with E-state index in [1.54, 1.807) is 6.07 Å². The van der Waals surface area contributed by atoms with Gasteiger partial charge < -0.3 is 20.5 Å². The first kappa shape index (κ1) is 17.3. The highest BCUT2D eigenvalue weighted by Crippen LogP contribution is 2.27. The zero-order valence-corrected chi connectivity index (χ0v) is 12.7. The van der Waals surface area contributed by atoms with Gasteiger partial charge >= 0.3 is 0 Å². The van der Waals surface area contributed by atoms with E-state index in [1.807, 2.05) is 6.92 Å². The van der Waals surface area contributed by atoms with Crippen molar-refractivity contribution < 1.29 is 19.4 Å². The SMILES string of the molecule is C=CC(=O)NC/C=C/C(=O)NCc1cc(C)c(OC)cc1O. The molecule has 0 bridgehead atoms. The van der Waals surface area contributed by atoms with E-state index in [-0.39, 0.29) is 30.7 Å². The predicted octanol–water partition coefficient (Wildman–Crippen LogP) is 1.18. The number of nitrogens with one attached hydrogen (secondary N) is 2. The van der Waals surface area contributed by atoms with Gasteiger partial charge in [0, 0.05) is 30.8 Å². The number of benzene rings is 1. The van der Waals surface area contributed by atoms with Gasteiger partial charge in [0.1, 0.15) is 11.5 Å². The summed E-state index contributed by atoms with van der Waals surface area (Å²) in [4.78, 5) is 22.5. The maximum Gasteiger partial charge on any atom is 0.243 e. The van der Waals surface area contributed by atoms with Gasteiger partial charge in [0.2, 0.25) is 11.8 Å². The molecule has 0 aliphatic heterocycles. The van der Waals surface area contributed by atoms with Gasteiger partial charge in [0.15, 0.2) is 0 Å². The summed E-state index contributed by atoms with van der Waals surface area (Å²) in [7, 11) is 1.53. The summed E-state index contributed by atoms with van der Waals surface area (Å²) in [5, 5.41) is 15.0. The van der Waals surface area contributed by atoms with Crippen LogP contribution in [0.5, 0.6) is 11.5 Å². The molecule has 1 aromatic rings. The van der Waals surface area contributed by atoms with E-state index < -0.39 is 0 Å². The Kier molecular flexibility index (Phi) is 6.69. The number of amides is 2. The number of hydrogen-bond acceptors (Lipinski definition) is 4. The molecule has 2 amide bonds. The van der Waals surface area contributed by atoms with Crippen molar-refractivity contribution in [2.24, 2.45) is 0 Å². The van der Waals surface area contributed by atoms with Gasteiger partial charge in [-0.1, -0.05) is 12.7 Å². The molecule has 22 heavy (non-hydrogen) atoms. The fourth-order valence-corrected chi connectivity index (χ4v) is 1.74. The van der Waals surface area contributed by atoms with Crippen LogP contribution in [0.3, 0.4) is 0 Å². The highest BCUT2D eigenvalue weighted by atomic mass is 16.5. The van der Waals surface area contributed by atoms with Gasteiger partial charge in [-0.3, -0.25) is 9.59 Å². The summed E-state index contributed by atoms with van der Waals surface area (Å²) in [6.45, 7) is 5.60. The van der Waals surface area contributed by atoms with Crippen molar-refractivity contribution >= 4 is 11.8 Å². The molecule has 0 aromatic heterocycles. The molecule has 0 aliphatic rings. The highest BCUT2D eigenvalue weighted by molar-refractivity contribution is 5.88. The van der Waals surface area contributed by atoms with Gasteiger partial charge in [-0.15, -0.1) is 0 Å². The quantitative estimate of drug-likeness (QED) is 0.660. The number of phenols is 1. The van der Waals surface area contributed by atoms with E-state index in [0.717, 1.165) is 11.6 Å². The lowest BCUT2D eigenvalue weighted by molar-refractivity contribution is -0.117. The van der Waals surface area contributed by atoms with Gasteiger partial charge in [-0.05, 0) is 24.6 Å². The van der Waals surface area contributed by atoms with Crippen LogP contribution >= 0.6 is 0 Å². The van der Waals surface area contributed by atoms with Crippen LogP contribution in [0.4, 0.5) is 0 Å². The molecule has 118 valence electrons. The van der Waals surface area contributed by atoms with Crippen molar-refractivity contribution in [3.63, 3.8) is 0 Å². The summed E-state index contributed by atoms with van der Waals surface area (Å²) in [6, 6.07) is 3.26. The first-order valence-electron chi connectivity index (χ1n) is 6.69. The van der Waals surface area contributed by atoms with Crippen molar-refractivity contribution in [1.29, 1.82) is 0 Å². The fourth-order valence-electron chi connectivity index (χ4n) is 1.74. The van der Waals surface area contributed by atoms with Crippen LogP contribution in [0, 0.1) is 6.92 Å². The normalized spacial score (nSPS) is 10.3. The number of aromatic hydroxyl groups is 1. The average Bonchev–Trinajstić information content (AvgIpc) is 2.51. The Balaban J connectivity index is 2.50. The number of methoxy groups -OCH3 is 1. The van der Waals surface area contributed by atoms with E-state index in [0.29, 0.717) is 11.3 Å². The molecule has 0 atom stereocenters. The monoisotopic (exact) mass is 304 g/mol. The highest BCUT2D eigenvalue weighted by Gasteiger charge is 2.07. The van der Waals surface area contributed by atoms with Crippen LogP contribution < -0.4 is 15.4 Å². The number of phenolic OH excluding ortho intramolecular Hbond substituents is 1. The molecule has 0 unspecified atom stereocenters. The lowest BCUT2D eigenvalue weighted by atomic mass is 10.1. The molecule has 6 heteroatoms.